The molecule has 0 radical (unpaired) electrons. The Bertz CT molecular complexity index is 1080. The topological polar surface area (TPSA) is 117 Å². The van der Waals surface area contributed by atoms with Gasteiger partial charge in [0.1, 0.15) is 11.5 Å². The fourth-order valence-corrected chi connectivity index (χ4v) is 3.82. The maximum atomic E-state index is 12.7. The predicted octanol–water partition coefficient (Wildman–Crippen LogP) is 3.42. The van der Waals surface area contributed by atoms with E-state index in [0.29, 0.717) is 17.4 Å². The molecule has 4 rings (SSSR count). The summed E-state index contributed by atoms with van der Waals surface area (Å²) in [4.78, 5) is 0. The van der Waals surface area contributed by atoms with E-state index in [1.54, 1.807) is 12.1 Å². The van der Waals surface area contributed by atoms with Crippen LogP contribution in [0.2, 0.25) is 0 Å². The number of methoxy groups -OCH3 is 2. The molecular weight excluding hydrogens is 386 g/mol. The summed E-state index contributed by atoms with van der Waals surface area (Å²) in [6.45, 7) is 0. The fourth-order valence-electron chi connectivity index (χ4n) is 2.82. The number of nitrogens with zero attached hydrogens (tertiary/aromatic N) is 2. The molecule has 2 heterocycles. The van der Waals surface area contributed by atoms with Crippen molar-refractivity contribution in [2.75, 3.05) is 18.9 Å². The highest BCUT2D eigenvalue weighted by Gasteiger charge is 2.27. The van der Waals surface area contributed by atoms with Gasteiger partial charge in [-0.05, 0) is 37.1 Å². The highest BCUT2D eigenvalue weighted by atomic mass is 32.2. The average Bonchev–Trinajstić information content (AvgIpc) is 3.29. The van der Waals surface area contributed by atoms with Crippen molar-refractivity contribution >= 4 is 15.7 Å². The van der Waals surface area contributed by atoms with Crippen molar-refractivity contribution in [3.8, 4) is 23.1 Å². The number of hydrogen-bond acceptors (Lipinski definition) is 8. The van der Waals surface area contributed by atoms with Gasteiger partial charge in [0.2, 0.25) is 11.0 Å². The lowest BCUT2D eigenvalue weighted by Gasteiger charge is -2.20. The van der Waals surface area contributed by atoms with Crippen LogP contribution in [-0.2, 0) is 10.0 Å². The number of anilines is 1. The largest absolute Gasteiger partial charge is 0.497 e. The van der Waals surface area contributed by atoms with Crippen molar-refractivity contribution in [3.05, 3.63) is 36.2 Å². The third kappa shape index (κ3) is 3.42. The first-order valence-electron chi connectivity index (χ1n) is 8.68. The lowest BCUT2D eigenvalue weighted by Crippen LogP contribution is -2.13. The SMILES string of the molecule is COc1ccc(OC)c(NS(=O)(=O)c2ccc(-c3nnc(C4CCC4)o3)o2)c1. The van der Waals surface area contributed by atoms with E-state index in [0.717, 1.165) is 19.3 Å². The number of nitrogens with one attached hydrogen (secondary N) is 1. The van der Waals surface area contributed by atoms with Gasteiger partial charge in [0.25, 0.3) is 15.9 Å². The molecule has 0 aliphatic heterocycles. The molecule has 0 amide bonds. The van der Waals surface area contributed by atoms with Gasteiger partial charge in [0.15, 0.2) is 5.76 Å². The Morgan fingerprint density at radius 3 is 2.57 bits per heavy atom. The van der Waals surface area contributed by atoms with Crippen LogP contribution in [0.1, 0.15) is 31.1 Å². The second-order valence-corrected chi connectivity index (χ2v) is 7.98. The number of hydrogen-bond donors (Lipinski definition) is 1. The molecule has 0 bridgehead atoms. The minimum absolute atomic E-state index is 0.155. The molecule has 3 aromatic rings. The zero-order valence-electron chi connectivity index (χ0n) is 15.3. The van der Waals surface area contributed by atoms with Crippen molar-refractivity contribution in [2.45, 2.75) is 30.3 Å². The van der Waals surface area contributed by atoms with Gasteiger partial charge in [-0.1, -0.05) is 6.42 Å². The molecule has 1 aliphatic carbocycles. The fraction of sp³-hybridized carbons (Fsp3) is 0.333. The van der Waals surface area contributed by atoms with Crippen molar-refractivity contribution < 1.29 is 26.7 Å². The van der Waals surface area contributed by atoms with E-state index in [-0.39, 0.29) is 28.3 Å². The molecule has 1 aromatic carbocycles. The summed E-state index contributed by atoms with van der Waals surface area (Å²) in [5.41, 5.74) is 0.227. The Balaban J connectivity index is 1.58. The molecule has 0 saturated heterocycles. The first kappa shape index (κ1) is 18.4. The summed E-state index contributed by atoms with van der Waals surface area (Å²) in [5.74, 6) is 2.01. The van der Waals surface area contributed by atoms with Crippen LogP contribution in [0.25, 0.3) is 11.7 Å². The van der Waals surface area contributed by atoms with Crippen molar-refractivity contribution in [1.82, 2.24) is 10.2 Å². The molecule has 2 aromatic heterocycles. The normalized spacial score (nSPS) is 14.5. The summed E-state index contributed by atoms with van der Waals surface area (Å²) in [6.07, 6.45) is 3.18. The summed E-state index contributed by atoms with van der Waals surface area (Å²) in [5, 5.41) is 7.70. The van der Waals surface area contributed by atoms with E-state index in [1.165, 1.54) is 32.4 Å². The predicted molar refractivity (Wildman–Crippen MR) is 98.9 cm³/mol. The van der Waals surface area contributed by atoms with E-state index in [1.807, 2.05) is 0 Å². The lowest BCUT2D eigenvalue weighted by molar-refractivity contribution is 0.334. The molecule has 9 nitrogen and oxygen atoms in total. The van der Waals surface area contributed by atoms with E-state index in [9.17, 15) is 8.42 Å². The van der Waals surface area contributed by atoms with E-state index < -0.39 is 10.0 Å². The quantitative estimate of drug-likeness (QED) is 0.635. The van der Waals surface area contributed by atoms with Crippen LogP contribution in [0, 0.1) is 0 Å². The van der Waals surface area contributed by atoms with Gasteiger partial charge in [0, 0.05) is 12.0 Å². The maximum absolute atomic E-state index is 12.7. The third-order valence-corrected chi connectivity index (χ3v) is 5.84. The molecule has 1 saturated carbocycles. The van der Waals surface area contributed by atoms with Gasteiger partial charge in [0.05, 0.1) is 19.9 Å². The maximum Gasteiger partial charge on any atom is 0.295 e. The van der Waals surface area contributed by atoms with Crippen molar-refractivity contribution in [3.63, 3.8) is 0 Å². The molecule has 148 valence electrons. The van der Waals surface area contributed by atoms with Crippen LogP contribution >= 0.6 is 0 Å². The summed E-state index contributed by atoms with van der Waals surface area (Å²) in [6, 6.07) is 7.59. The van der Waals surface area contributed by atoms with Gasteiger partial charge in [-0.3, -0.25) is 4.72 Å². The molecule has 1 aliphatic rings. The Kier molecular flexibility index (Phi) is 4.71. The third-order valence-electron chi connectivity index (χ3n) is 4.60. The smallest absolute Gasteiger partial charge is 0.295 e. The summed E-state index contributed by atoms with van der Waals surface area (Å²) in [7, 11) is -1.07. The van der Waals surface area contributed by atoms with Gasteiger partial charge < -0.3 is 18.3 Å². The molecule has 1 N–H and O–H groups in total. The molecular formula is C18H19N3O6S. The zero-order chi connectivity index (χ0) is 19.7. The molecule has 28 heavy (non-hydrogen) atoms. The summed E-state index contributed by atoms with van der Waals surface area (Å²) >= 11 is 0. The highest BCUT2D eigenvalue weighted by Crippen LogP contribution is 2.37. The van der Waals surface area contributed by atoms with Crippen LogP contribution in [0.15, 0.2) is 44.3 Å². The molecule has 0 atom stereocenters. The number of sulfonamides is 1. The first-order valence-corrected chi connectivity index (χ1v) is 10.2. The van der Waals surface area contributed by atoms with Crippen molar-refractivity contribution in [1.29, 1.82) is 0 Å². The number of ether oxygens (including phenoxy) is 2. The van der Waals surface area contributed by atoms with Crippen molar-refractivity contribution in [2.24, 2.45) is 0 Å². The zero-order valence-corrected chi connectivity index (χ0v) is 16.2. The van der Waals surface area contributed by atoms with E-state index >= 15 is 0 Å². The molecule has 0 unspecified atom stereocenters. The minimum atomic E-state index is -4.00. The lowest BCUT2D eigenvalue weighted by atomic mass is 9.85. The number of furan rings is 1. The molecule has 0 spiro atoms. The Hall–Kier alpha value is -3.01. The molecule has 10 heteroatoms. The number of benzene rings is 1. The van der Waals surface area contributed by atoms with Crippen LogP contribution in [0.3, 0.4) is 0 Å². The van der Waals surface area contributed by atoms with E-state index in [4.69, 9.17) is 18.3 Å². The second-order valence-electron chi connectivity index (χ2n) is 6.36. The van der Waals surface area contributed by atoms with Crippen LogP contribution < -0.4 is 14.2 Å². The van der Waals surface area contributed by atoms with Crippen LogP contribution in [0.4, 0.5) is 5.69 Å². The average molecular weight is 405 g/mol. The first-order chi connectivity index (χ1) is 13.5. The standard InChI is InChI=1S/C18H19N3O6S/c1-24-12-6-7-14(25-2)13(10-12)21-28(22,23)16-9-8-15(26-16)18-20-19-17(27-18)11-4-3-5-11/h6-11,21H,3-5H2,1-2H3. The Morgan fingerprint density at radius 1 is 1.07 bits per heavy atom. The van der Waals surface area contributed by atoms with Crippen LogP contribution in [-0.4, -0.2) is 32.8 Å². The van der Waals surface area contributed by atoms with Crippen LogP contribution in [0.5, 0.6) is 11.5 Å². The number of rotatable bonds is 7. The second kappa shape index (κ2) is 7.19. The Labute approximate surface area is 161 Å². The monoisotopic (exact) mass is 405 g/mol. The van der Waals surface area contributed by atoms with E-state index in [2.05, 4.69) is 14.9 Å². The summed E-state index contributed by atoms with van der Waals surface area (Å²) < 4.78 is 49.3. The van der Waals surface area contributed by atoms with Gasteiger partial charge >= 0.3 is 0 Å². The van der Waals surface area contributed by atoms with Gasteiger partial charge in [-0.25, -0.2) is 0 Å². The number of aromatic nitrogens is 2. The van der Waals surface area contributed by atoms with Gasteiger partial charge in [-0.2, -0.15) is 8.42 Å². The minimum Gasteiger partial charge on any atom is -0.497 e. The Morgan fingerprint density at radius 2 is 1.89 bits per heavy atom. The molecule has 1 fully saturated rings. The van der Waals surface area contributed by atoms with Gasteiger partial charge in [-0.15, -0.1) is 10.2 Å². The highest BCUT2D eigenvalue weighted by molar-refractivity contribution is 7.92.